The molecule has 0 fully saturated rings. The molecule has 0 aliphatic carbocycles. The number of alkyl halides is 3. The van der Waals surface area contributed by atoms with Crippen LogP contribution in [0.15, 0.2) is 65.8 Å². The van der Waals surface area contributed by atoms with E-state index in [-0.39, 0.29) is 10.5 Å². The standard InChI is InChI=1S/C23H20F3N3O4S/c1-33-21-16(14-34(31,32)17-8-11-27-12-9-17)6-7-18(20(21)23(24,25)26)28-22(30)29-13-10-15-4-2-3-5-19(15)29/h2-9,11-12H,10,13-14H2,1H3,(H,28,30). The molecule has 1 N–H and O–H groups in total. The summed E-state index contributed by atoms with van der Waals surface area (Å²) in [4.78, 5) is 17.9. The fraction of sp³-hybridized carbons (Fsp3) is 0.217. The zero-order valence-electron chi connectivity index (χ0n) is 18.0. The van der Waals surface area contributed by atoms with Crippen molar-refractivity contribution >= 4 is 27.2 Å². The van der Waals surface area contributed by atoms with Gasteiger partial charge < -0.3 is 10.1 Å². The number of carbonyl (C=O) groups is 1. The van der Waals surface area contributed by atoms with Crippen molar-refractivity contribution in [3.8, 4) is 5.75 Å². The number of aromatic nitrogens is 1. The number of hydrogen-bond acceptors (Lipinski definition) is 5. The summed E-state index contributed by atoms with van der Waals surface area (Å²) in [5, 5.41) is 2.33. The first-order chi connectivity index (χ1) is 16.1. The van der Waals surface area contributed by atoms with Gasteiger partial charge in [-0.15, -0.1) is 0 Å². The monoisotopic (exact) mass is 491 g/mol. The number of carbonyl (C=O) groups excluding carboxylic acids is 1. The molecule has 7 nitrogen and oxygen atoms in total. The largest absolute Gasteiger partial charge is 0.496 e. The van der Waals surface area contributed by atoms with Crippen molar-refractivity contribution < 1.29 is 31.1 Å². The summed E-state index contributed by atoms with van der Waals surface area (Å²) in [5.74, 6) is -1.39. The minimum absolute atomic E-state index is 0.0804. The van der Waals surface area contributed by atoms with Gasteiger partial charge in [0.15, 0.2) is 9.84 Å². The van der Waals surface area contributed by atoms with Crippen molar-refractivity contribution in [2.75, 3.05) is 23.9 Å². The van der Waals surface area contributed by atoms with E-state index >= 15 is 0 Å². The van der Waals surface area contributed by atoms with Crippen molar-refractivity contribution in [1.29, 1.82) is 0 Å². The Bertz CT molecular complexity index is 1330. The third kappa shape index (κ3) is 4.56. The molecule has 0 radical (unpaired) electrons. The van der Waals surface area contributed by atoms with E-state index in [9.17, 15) is 26.4 Å². The number of nitrogens with zero attached hydrogens (tertiary/aromatic N) is 2. The number of pyridine rings is 1. The van der Waals surface area contributed by atoms with Crippen molar-refractivity contribution in [1.82, 2.24) is 4.98 Å². The topological polar surface area (TPSA) is 88.6 Å². The van der Waals surface area contributed by atoms with Gasteiger partial charge in [0.25, 0.3) is 0 Å². The number of sulfone groups is 1. The Balaban J connectivity index is 1.70. The molecule has 1 aliphatic heterocycles. The molecular weight excluding hydrogens is 471 g/mol. The fourth-order valence-corrected chi connectivity index (χ4v) is 5.26. The quantitative estimate of drug-likeness (QED) is 0.560. The van der Waals surface area contributed by atoms with Gasteiger partial charge >= 0.3 is 12.2 Å². The molecule has 1 aliphatic rings. The average Bonchev–Trinajstić information content (AvgIpc) is 3.24. The molecule has 0 atom stereocenters. The molecule has 0 saturated carbocycles. The number of amides is 2. The van der Waals surface area contributed by atoms with Crippen LogP contribution in [0.1, 0.15) is 16.7 Å². The predicted molar refractivity (Wildman–Crippen MR) is 120 cm³/mol. The number of halogens is 3. The van der Waals surface area contributed by atoms with Gasteiger partial charge in [0.1, 0.15) is 11.3 Å². The van der Waals surface area contributed by atoms with Crippen molar-refractivity contribution in [3.05, 3.63) is 77.6 Å². The van der Waals surface area contributed by atoms with Crippen LogP contribution < -0.4 is 15.0 Å². The summed E-state index contributed by atoms with van der Waals surface area (Å²) in [5.41, 5.74) is -0.415. The smallest absolute Gasteiger partial charge is 0.421 e. The highest BCUT2D eigenvalue weighted by atomic mass is 32.2. The summed E-state index contributed by atoms with van der Waals surface area (Å²) in [6.45, 7) is 0.325. The van der Waals surface area contributed by atoms with Gasteiger partial charge in [0.05, 0.1) is 23.4 Å². The second-order valence-corrected chi connectivity index (χ2v) is 9.57. The molecule has 2 amide bonds. The Morgan fingerprint density at radius 2 is 1.82 bits per heavy atom. The maximum Gasteiger partial charge on any atom is 0.421 e. The van der Waals surface area contributed by atoms with Gasteiger partial charge in [-0.05, 0) is 36.2 Å². The lowest BCUT2D eigenvalue weighted by atomic mass is 10.1. The third-order valence-electron chi connectivity index (χ3n) is 5.46. The molecule has 11 heteroatoms. The van der Waals surface area contributed by atoms with E-state index in [4.69, 9.17) is 4.74 Å². The summed E-state index contributed by atoms with van der Waals surface area (Å²) < 4.78 is 72.8. The number of anilines is 2. The lowest BCUT2D eigenvalue weighted by Crippen LogP contribution is -2.34. The molecule has 4 rings (SSSR count). The van der Waals surface area contributed by atoms with Crippen LogP contribution in [-0.2, 0) is 28.2 Å². The minimum atomic E-state index is -4.92. The van der Waals surface area contributed by atoms with E-state index in [2.05, 4.69) is 10.3 Å². The molecule has 0 saturated heterocycles. The van der Waals surface area contributed by atoms with Crippen LogP contribution in [0.2, 0.25) is 0 Å². The molecule has 0 spiro atoms. The van der Waals surface area contributed by atoms with Gasteiger partial charge in [-0.2, -0.15) is 13.2 Å². The Kier molecular flexibility index (Phi) is 6.22. The molecule has 34 heavy (non-hydrogen) atoms. The molecule has 2 aromatic carbocycles. The zero-order chi connectivity index (χ0) is 24.5. The summed E-state index contributed by atoms with van der Waals surface area (Å²) >= 11 is 0. The van der Waals surface area contributed by atoms with Crippen molar-refractivity contribution in [3.63, 3.8) is 0 Å². The van der Waals surface area contributed by atoms with Crippen LogP contribution in [0.5, 0.6) is 5.75 Å². The lowest BCUT2D eigenvalue weighted by molar-refractivity contribution is -0.138. The molecule has 0 bridgehead atoms. The summed E-state index contributed by atoms with van der Waals surface area (Å²) in [6, 6.07) is 11.2. The predicted octanol–water partition coefficient (Wildman–Crippen LogP) is 4.68. The molecular formula is C23H20F3N3O4S. The number of hydrogen-bond donors (Lipinski definition) is 1. The van der Waals surface area contributed by atoms with E-state index in [1.54, 1.807) is 12.1 Å². The van der Waals surface area contributed by atoms with Crippen LogP contribution in [0.3, 0.4) is 0 Å². The number of nitrogens with one attached hydrogen (secondary N) is 1. The number of urea groups is 1. The van der Waals surface area contributed by atoms with Crippen LogP contribution in [0.4, 0.5) is 29.3 Å². The maximum atomic E-state index is 14.1. The van der Waals surface area contributed by atoms with E-state index in [0.29, 0.717) is 18.7 Å². The minimum Gasteiger partial charge on any atom is -0.496 e. The number of ether oxygens (including phenoxy) is 1. The molecule has 2 heterocycles. The molecule has 1 aromatic heterocycles. The first-order valence-electron chi connectivity index (χ1n) is 10.2. The fourth-order valence-electron chi connectivity index (χ4n) is 3.92. The second-order valence-electron chi connectivity index (χ2n) is 7.58. The highest BCUT2D eigenvalue weighted by molar-refractivity contribution is 7.90. The maximum absolute atomic E-state index is 14.1. The normalized spacial score (nSPS) is 13.5. The van der Waals surface area contributed by atoms with Gasteiger partial charge in [0.2, 0.25) is 0 Å². The number of para-hydroxylation sites is 1. The van der Waals surface area contributed by atoms with Gasteiger partial charge in [-0.1, -0.05) is 24.3 Å². The van der Waals surface area contributed by atoms with Crippen LogP contribution in [0, 0.1) is 0 Å². The highest BCUT2D eigenvalue weighted by Crippen LogP contribution is 2.44. The van der Waals surface area contributed by atoms with Crippen molar-refractivity contribution in [2.45, 2.75) is 23.2 Å². The average molecular weight is 491 g/mol. The van der Waals surface area contributed by atoms with E-state index in [1.807, 2.05) is 12.1 Å². The second kappa shape index (κ2) is 8.98. The third-order valence-corrected chi connectivity index (χ3v) is 7.14. The highest BCUT2D eigenvalue weighted by Gasteiger charge is 2.40. The first kappa shape index (κ1) is 23.6. The number of fused-ring (bicyclic) bond motifs is 1. The zero-order valence-corrected chi connectivity index (χ0v) is 18.8. The van der Waals surface area contributed by atoms with Gasteiger partial charge in [0, 0.05) is 30.2 Å². The Morgan fingerprint density at radius 3 is 2.50 bits per heavy atom. The number of benzene rings is 2. The van der Waals surface area contributed by atoms with E-state index in [1.165, 1.54) is 35.5 Å². The van der Waals surface area contributed by atoms with Crippen molar-refractivity contribution in [2.24, 2.45) is 0 Å². The number of rotatable bonds is 5. The molecule has 3 aromatic rings. The number of methoxy groups -OCH3 is 1. The summed E-state index contributed by atoms with van der Waals surface area (Å²) in [7, 11) is -2.95. The SMILES string of the molecule is COc1c(CS(=O)(=O)c2ccncc2)ccc(NC(=O)N2CCc3ccccc32)c1C(F)(F)F. The van der Waals surface area contributed by atoms with Crippen LogP contribution >= 0.6 is 0 Å². The van der Waals surface area contributed by atoms with E-state index < -0.39 is 44.8 Å². The molecule has 0 unspecified atom stereocenters. The Labute approximate surface area is 194 Å². The molecule has 178 valence electrons. The van der Waals surface area contributed by atoms with Crippen LogP contribution in [0.25, 0.3) is 0 Å². The lowest BCUT2D eigenvalue weighted by Gasteiger charge is -2.23. The van der Waals surface area contributed by atoms with E-state index in [0.717, 1.165) is 18.7 Å². The Hall–Kier alpha value is -3.60. The van der Waals surface area contributed by atoms with Crippen LogP contribution in [-0.4, -0.2) is 33.1 Å². The Morgan fingerprint density at radius 1 is 1.12 bits per heavy atom. The van der Waals surface area contributed by atoms with Gasteiger partial charge in [-0.3, -0.25) is 9.88 Å². The van der Waals surface area contributed by atoms with Gasteiger partial charge in [-0.25, -0.2) is 13.2 Å². The first-order valence-corrected chi connectivity index (χ1v) is 11.8. The summed E-state index contributed by atoms with van der Waals surface area (Å²) in [6.07, 6.45) is -1.78.